The normalized spacial score (nSPS) is 25.9. The third kappa shape index (κ3) is 3.29. The molecule has 3 nitrogen and oxygen atoms in total. The van der Waals surface area contributed by atoms with E-state index >= 15 is 0 Å². The smallest absolute Gasteiger partial charge is 0.227 e. The van der Waals surface area contributed by atoms with Gasteiger partial charge in [-0.25, -0.2) is 0 Å². The maximum atomic E-state index is 12.5. The van der Waals surface area contributed by atoms with Crippen LogP contribution in [0.2, 0.25) is 0 Å². The van der Waals surface area contributed by atoms with E-state index in [-0.39, 0.29) is 11.3 Å². The van der Waals surface area contributed by atoms with Gasteiger partial charge in [-0.2, -0.15) is 5.26 Å². The first kappa shape index (κ1) is 14.4. The van der Waals surface area contributed by atoms with Gasteiger partial charge in [-0.3, -0.25) is 4.79 Å². The Balaban J connectivity index is 2.04. The van der Waals surface area contributed by atoms with Crippen LogP contribution in [0.4, 0.5) is 0 Å². The zero-order valence-electron chi connectivity index (χ0n) is 12.1. The van der Waals surface area contributed by atoms with E-state index in [2.05, 4.69) is 18.3 Å². The second-order valence-corrected chi connectivity index (χ2v) is 6.68. The second-order valence-electron chi connectivity index (χ2n) is 6.68. The first-order valence-corrected chi connectivity index (χ1v) is 7.84. The van der Waals surface area contributed by atoms with Crippen molar-refractivity contribution >= 4 is 5.91 Å². The number of rotatable bonds is 2. The van der Waals surface area contributed by atoms with E-state index in [1.807, 2.05) is 0 Å². The van der Waals surface area contributed by atoms with Gasteiger partial charge in [0.05, 0.1) is 6.07 Å². The van der Waals surface area contributed by atoms with Crippen LogP contribution in [0.15, 0.2) is 0 Å². The Kier molecular flexibility index (Phi) is 4.50. The Labute approximate surface area is 116 Å². The molecule has 2 aliphatic rings. The molecule has 0 radical (unpaired) electrons. The molecule has 19 heavy (non-hydrogen) atoms. The molecular formula is C16H26N2O. The maximum absolute atomic E-state index is 12.5. The van der Waals surface area contributed by atoms with Crippen LogP contribution < -0.4 is 5.32 Å². The minimum Gasteiger partial charge on any atom is -0.337 e. The molecule has 1 N–H and O–H groups in total. The van der Waals surface area contributed by atoms with Crippen molar-refractivity contribution in [1.29, 1.82) is 5.26 Å². The summed E-state index contributed by atoms with van der Waals surface area (Å²) in [7, 11) is 0. The zero-order valence-corrected chi connectivity index (χ0v) is 12.1. The largest absolute Gasteiger partial charge is 0.337 e. The summed E-state index contributed by atoms with van der Waals surface area (Å²) in [6, 6.07) is 2.42. The van der Waals surface area contributed by atoms with E-state index in [0.717, 1.165) is 51.4 Å². The summed E-state index contributed by atoms with van der Waals surface area (Å²) >= 11 is 0. The van der Waals surface area contributed by atoms with Gasteiger partial charge in [-0.15, -0.1) is 0 Å². The number of nitrogens with one attached hydrogen (secondary N) is 1. The van der Waals surface area contributed by atoms with E-state index in [4.69, 9.17) is 0 Å². The first-order valence-electron chi connectivity index (χ1n) is 7.84. The molecule has 2 fully saturated rings. The molecule has 0 bridgehead atoms. The lowest BCUT2D eigenvalue weighted by molar-refractivity contribution is -0.131. The molecule has 0 aliphatic heterocycles. The summed E-state index contributed by atoms with van der Waals surface area (Å²) in [5.41, 5.74) is -0.824. The minimum absolute atomic E-state index is 0.118. The Morgan fingerprint density at radius 1 is 0.947 bits per heavy atom. The van der Waals surface area contributed by atoms with Crippen LogP contribution in [0.3, 0.4) is 0 Å². The molecule has 0 aromatic heterocycles. The minimum atomic E-state index is -0.594. The molecule has 2 aliphatic carbocycles. The average molecular weight is 262 g/mol. The number of carbonyl (C=O) groups is 1. The van der Waals surface area contributed by atoms with Crippen molar-refractivity contribution in [2.24, 2.45) is 5.41 Å². The van der Waals surface area contributed by atoms with Crippen LogP contribution in [0.5, 0.6) is 0 Å². The summed E-state index contributed by atoms with van der Waals surface area (Å²) in [6.45, 7) is 2.06. The molecule has 2 saturated carbocycles. The van der Waals surface area contributed by atoms with Crippen LogP contribution >= 0.6 is 0 Å². The fourth-order valence-corrected chi connectivity index (χ4v) is 3.52. The number of hydrogen-bond donors (Lipinski definition) is 1. The van der Waals surface area contributed by atoms with Crippen LogP contribution in [-0.2, 0) is 4.79 Å². The SMILES string of the molecule is CC1(C(=O)NC2(C#N)CCCCCCC2)CCCC1. The molecule has 0 atom stereocenters. The van der Waals surface area contributed by atoms with Crippen molar-refractivity contribution in [2.75, 3.05) is 0 Å². The van der Waals surface area contributed by atoms with Crippen molar-refractivity contribution in [3.63, 3.8) is 0 Å². The Morgan fingerprint density at radius 3 is 1.95 bits per heavy atom. The second kappa shape index (κ2) is 5.94. The van der Waals surface area contributed by atoms with Gasteiger partial charge < -0.3 is 5.32 Å². The zero-order chi connectivity index (χ0) is 13.8. The summed E-state index contributed by atoms with van der Waals surface area (Å²) in [6.07, 6.45) is 11.7. The Hall–Kier alpha value is -1.04. The van der Waals surface area contributed by atoms with Crippen LogP contribution in [0.25, 0.3) is 0 Å². The molecule has 0 unspecified atom stereocenters. The number of amides is 1. The number of nitrogens with zero attached hydrogens (tertiary/aromatic N) is 1. The lowest BCUT2D eigenvalue weighted by atomic mass is 9.82. The van der Waals surface area contributed by atoms with Crippen molar-refractivity contribution < 1.29 is 4.79 Å². The fourth-order valence-electron chi connectivity index (χ4n) is 3.52. The third-order valence-electron chi connectivity index (χ3n) is 5.03. The summed E-state index contributed by atoms with van der Waals surface area (Å²) < 4.78 is 0. The number of nitriles is 1. The predicted octanol–water partition coefficient (Wildman–Crippen LogP) is 3.69. The average Bonchev–Trinajstić information content (AvgIpc) is 2.81. The predicted molar refractivity (Wildman–Crippen MR) is 75.4 cm³/mol. The van der Waals surface area contributed by atoms with Gasteiger partial charge in [0.15, 0.2) is 0 Å². The highest BCUT2D eigenvalue weighted by atomic mass is 16.2. The lowest BCUT2D eigenvalue weighted by Gasteiger charge is -2.33. The fraction of sp³-hybridized carbons (Fsp3) is 0.875. The molecule has 0 aromatic rings. The van der Waals surface area contributed by atoms with Gasteiger partial charge in [-0.05, 0) is 25.7 Å². The molecule has 0 aromatic carbocycles. The van der Waals surface area contributed by atoms with Gasteiger partial charge in [0, 0.05) is 5.41 Å². The standard InChI is InChI=1S/C16H26N2O/c1-15(9-7-8-10-15)14(19)18-16(13-17)11-5-3-2-4-6-12-16/h2-12H2,1H3,(H,18,19). The van der Waals surface area contributed by atoms with E-state index in [9.17, 15) is 10.1 Å². The molecule has 3 heteroatoms. The summed E-state index contributed by atoms with van der Waals surface area (Å²) in [4.78, 5) is 12.5. The van der Waals surface area contributed by atoms with Gasteiger partial charge in [0.1, 0.15) is 5.54 Å². The molecule has 0 spiro atoms. The van der Waals surface area contributed by atoms with Crippen molar-refractivity contribution in [3.8, 4) is 6.07 Å². The molecule has 1 amide bonds. The van der Waals surface area contributed by atoms with Crippen molar-refractivity contribution in [3.05, 3.63) is 0 Å². The highest BCUT2D eigenvalue weighted by Gasteiger charge is 2.41. The first-order chi connectivity index (χ1) is 9.10. The molecule has 0 saturated heterocycles. The molecule has 106 valence electrons. The van der Waals surface area contributed by atoms with Crippen molar-refractivity contribution in [2.45, 2.75) is 83.1 Å². The molecule has 2 rings (SSSR count). The van der Waals surface area contributed by atoms with E-state index in [1.54, 1.807) is 0 Å². The van der Waals surface area contributed by atoms with E-state index < -0.39 is 5.54 Å². The van der Waals surface area contributed by atoms with Crippen molar-refractivity contribution in [1.82, 2.24) is 5.32 Å². The van der Waals surface area contributed by atoms with Gasteiger partial charge in [0.2, 0.25) is 5.91 Å². The highest BCUT2D eigenvalue weighted by molar-refractivity contribution is 5.83. The quantitative estimate of drug-likeness (QED) is 0.825. The Morgan fingerprint density at radius 2 is 1.42 bits per heavy atom. The molecule has 0 heterocycles. The summed E-state index contributed by atoms with van der Waals surface area (Å²) in [5.74, 6) is 0.118. The Bertz CT molecular complexity index is 355. The highest BCUT2D eigenvalue weighted by Crippen LogP contribution is 2.38. The van der Waals surface area contributed by atoms with Gasteiger partial charge in [-0.1, -0.05) is 51.9 Å². The number of hydrogen-bond acceptors (Lipinski definition) is 2. The maximum Gasteiger partial charge on any atom is 0.227 e. The van der Waals surface area contributed by atoms with E-state index in [1.165, 1.54) is 19.3 Å². The number of carbonyl (C=O) groups excluding carboxylic acids is 1. The van der Waals surface area contributed by atoms with Gasteiger partial charge in [0.25, 0.3) is 0 Å². The summed E-state index contributed by atoms with van der Waals surface area (Å²) in [5, 5.41) is 12.7. The topological polar surface area (TPSA) is 52.9 Å². The van der Waals surface area contributed by atoms with Crippen LogP contribution in [0, 0.1) is 16.7 Å². The third-order valence-corrected chi connectivity index (χ3v) is 5.03. The lowest BCUT2D eigenvalue weighted by Crippen LogP contribution is -2.52. The monoisotopic (exact) mass is 262 g/mol. The molecular weight excluding hydrogens is 236 g/mol. The van der Waals surface area contributed by atoms with Crippen LogP contribution in [0.1, 0.15) is 77.6 Å². The van der Waals surface area contributed by atoms with Crippen LogP contribution in [-0.4, -0.2) is 11.4 Å². The van der Waals surface area contributed by atoms with Gasteiger partial charge >= 0.3 is 0 Å². The van der Waals surface area contributed by atoms with E-state index in [0.29, 0.717) is 0 Å².